The molecule has 0 spiro atoms. The van der Waals surface area contributed by atoms with Gasteiger partial charge in [-0.05, 0) is 42.1 Å². The van der Waals surface area contributed by atoms with Gasteiger partial charge in [0.1, 0.15) is 16.2 Å². The Hall–Kier alpha value is -0.640. The number of hydrogen-bond acceptors (Lipinski definition) is 3. The second kappa shape index (κ2) is 4.70. The molecular formula is C12H18BrN3. The van der Waals surface area contributed by atoms with E-state index in [9.17, 15) is 0 Å². The van der Waals surface area contributed by atoms with E-state index >= 15 is 0 Å². The Bertz CT molecular complexity index is 377. The summed E-state index contributed by atoms with van der Waals surface area (Å²) < 4.78 is 0.898. The number of rotatable bonds is 4. The maximum Gasteiger partial charge on any atom is 0.135 e. The van der Waals surface area contributed by atoms with E-state index in [1.54, 1.807) is 0 Å². The van der Waals surface area contributed by atoms with E-state index in [1.807, 2.05) is 6.07 Å². The third-order valence-electron chi connectivity index (χ3n) is 3.25. The summed E-state index contributed by atoms with van der Waals surface area (Å²) in [4.78, 5) is 11.3. The Morgan fingerprint density at radius 2 is 2.19 bits per heavy atom. The van der Waals surface area contributed by atoms with Gasteiger partial charge in [-0.2, -0.15) is 0 Å². The van der Waals surface area contributed by atoms with Crippen molar-refractivity contribution in [1.82, 2.24) is 9.97 Å². The molecule has 0 radical (unpaired) electrons. The summed E-state index contributed by atoms with van der Waals surface area (Å²) in [6.45, 7) is 4.41. The second-order valence-electron chi connectivity index (χ2n) is 4.55. The normalized spacial score (nSPS) is 17.2. The van der Waals surface area contributed by atoms with E-state index in [0.29, 0.717) is 12.0 Å². The first kappa shape index (κ1) is 11.8. The zero-order valence-electron chi connectivity index (χ0n) is 10.1. The van der Waals surface area contributed by atoms with Crippen LogP contribution in [0.3, 0.4) is 0 Å². The molecule has 88 valence electrons. The molecule has 0 N–H and O–H groups in total. The highest BCUT2D eigenvalue weighted by molar-refractivity contribution is 9.10. The second-order valence-corrected chi connectivity index (χ2v) is 5.36. The molecule has 2 rings (SSSR count). The fraction of sp³-hybridized carbons (Fsp3) is 0.667. The molecule has 16 heavy (non-hydrogen) atoms. The molecule has 0 bridgehead atoms. The largest absolute Gasteiger partial charge is 0.357 e. The van der Waals surface area contributed by atoms with Crippen LogP contribution in [0.1, 0.15) is 44.9 Å². The van der Waals surface area contributed by atoms with Crippen LogP contribution < -0.4 is 4.90 Å². The van der Waals surface area contributed by atoms with Crippen molar-refractivity contribution in [3.63, 3.8) is 0 Å². The fourth-order valence-corrected chi connectivity index (χ4v) is 2.01. The number of anilines is 1. The van der Waals surface area contributed by atoms with Gasteiger partial charge in [-0.1, -0.05) is 6.92 Å². The lowest BCUT2D eigenvalue weighted by atomic mass is 10.2. The highest BCUT2D eigenvalue weighted by atomic mass is 79.9. The van der Waals surface area contributed by atoms with Gasteiger partial charge in [-0.25, -0.2) is 9.97 Å². The maximum atomic E-state index is 4.65. The van der Waals surface area contributed by atoms with E-state index in [4.69, 9.17) is 0 Å². The quantitative estimate of drug-likeness (QED) is 0.794. The summed E-state index contributed by atoms with van der Waals surface area (Å²) in [5.41, 5.74) is 0. The molecule has 1 aliphatic rings. The Morgan fingerprint density at radius 1 is 1.50 bits per heavy atom. The van der Waals surface area contributed by atoms with Gasteiger partial charge in [0.05, 0.1) is 0 Å². The summed E-state index contributed by atoms with van der Waals surface area (Å²) in [6, 6.07) is 2.51. The maximum absolute atomic E-state index is 4.65. The minimum atomic E-state index is 0.508. The molecule has 0 amide bonds. The van der Waals surface area contributed by atoms with Crippen molar-refractivity contribution < 1.29 is 0 Å². The lowest BCUT2D eigenvalue weighted by molar-refractivity contribution is 0.653. The van der Waals surface area contributed by atoms with Gasteiger partial charge in [0.15, 0.2) is 0 Å². The highest BCUT2D eigenvalue weighted by Crippen LogP contribution is 2.39. The highest BCUT2D eigenvalue weighted by Gasteiger charge is 2.27. The van der Waals surface area contributed by atoms with Crippen molar-refractivity contribution in [2.75, 3.05) is 11.9 Å². The molecule has 1 aliphatic carbocycles. The van der Waals surface area contributed by atoms with Crippen molar-refractivity contribution in [2.24, 2.45) is 0 Å². The van der Waals surface area contributed by atoms with E-state index in [2.05, 4.69) is 51.7 Å². The van der Waals surface area contributed by atoms with Crippen LogP contribution in [0.5, 0.6) is 0 Å². The minimum absolute atomic E-state index is 0.508. The average molecular weight is 284 g/mol. The summed E-state index contributed by atoms with van der Waals surface area (Å²) in [5.74, 6) is 2.62. The summed E-state index contributed by atoms with van der Waals surface area (Å²) >= 11 is 3.47. The molecule has 1 aromatic heterocycles. The molecule has 3 nitrogen and oxygen atoms in total. The van der Waals surface area contributed by atoms with Gasteiger partial charge in [0.2, 0.25) is 0 Å². The third-order valence-corrected chi connectivity index (χ3v) is 3.66. The van der Waals surface area contributed by atoms with E-state index < -0.39 is 0 Å². The molecule has 1 saturated carbocycles. The molecule has 4 heteroatoms. The van der Waals surface area contributed by atoms with Crippen LogP contribution >= 0.6 is 15.9 Å². The fourth-order valence-electron chi connectivity index (χ4n) is 1.63. The summed E-state index contributed by atoms with van der Waals surface area (Å²) in [6.07, 6.45) is 3.60. The first-order valence-corrected chi connectivity index (χ1v) is 6.68. The summed E-state index contributed by atoms with van der Waals surface area (Å²) in [5, 5.41) is 0. The van der Waals surface area contributed by atoms with Gasteiger partial charge < -0.3 is 4.90 Å². The van der Waals surface area contributed by atoms with Crippen LogP contribution in [-0.4, -0.2) is 23.1 Å². The van der Waals surface area contributed by atoms with Crippen molar-refractivity contribution in [3.8, 4) is 0 Å². The molecule has 0 saturated heterocycles. The number of halogens is 1. The van der Waals surface area contributed by atoms with Gasteiger partial charge in [-0.15, -0.1) is 0 Å². The van der Waals surface area contributed by atoms with Crippen molar-refractivity contribution in [3.05, 3.63) is 16.5 Å². The van der Waals surface area contributed by atoms with Crippen LogP contribution in [0.25, 0.3) is 0 Å². The summed E-state index contributed by atoms with van der Waals surface area (Å²) in [7, 11) is 2.10. The molecular weight excluding hydrogens is 266 g/mol. The smallest absolute Gasteiger partial charge is 0.135 e. The SMILES string of the molecule is CCC(C)N(C)c1cc(Br)nc(C2CC2)n1. The Balaban J connectivity index is 2.25. The molecule has 1 fully saturated rings. The third kappa shape index (κ3) is 2.54. The molecule has 1 aromatic rings. The van der Waals surface area contributed by atoms with E-state index in [0.717, 1.165) is 22.7 Å². The average Bonchev–Trinajstić information content (AvgIpc) is 3.10. The predicted octanol–water partition coefficient (Wildman–Crippen LogP) is 3.35. The lowest BCUT2D eigenvalue weighted by Gasteiger charge is -2.25. The van der Waals surface area contributed by atoms with Gasteiger partial charge in [0.25, 0.3) is 0 Å². The van der Waals surface area contributed by atoms with Crippen LogP contribution in [-0.2, 0) is 0 Å². The molecule has 1 atom stereocenters. The zero-order valence-corrected chi connectivity index (χ0v) is 11.7. The lowest BCUT2D eigenvalue weighted by Crippen LogP contribution is -2.29. The van der Waals surface area contributed by atoms with Crippen LogP contribution in [0.2, 0.25) is 0 Å². The van der Waals surface area contributed by atoms with Crippen LogP contribution in [0, 0.1) is 0 Å². The first-order valence-electron chi connectivity index (χ1n) is 5.89. The van der Waals surface area contributed by atoms with E-state index in [-0.39, 0.29) is 0 Å². The number of nitrogens with zero attached hydrogens (tertiary/aromatic N) is 3. The minimum Gasteiger partial charge on any atom is -0.357 e. The molecule has 1 unspecified atom stereocenters. The number of hydrogen-bond donors (Lipinski definition) is 0. The van der Waals surface area contributed by atoms with Crippen molar-refractivity contribution in [2.45, 2.75) is 45.1 Å². The standard InChI is InChI=1S/C12H18BrN3/c1-4-8(2)16(3)11-7-10(13)14-12(15-11)9-5-6-9/h7-9H,4-6H2,1-3H3. The molecule has 1 heterocycles. The van der Waals surface area contributed by atoms with E-state index in [1.165, 1.54) is 12.8 Å². The van der Waals surface area contributed by atoms with Crippen molar-refractivity contribution >= 4 is 21.7 Å². The van der Waals surface area contributed by atoms with Gasteiger partial charge in [-0.3, -0.25) is 0 Å². The predicted molar refractivity (Wildman–Crippen MR) is 69.9 cm³/mol. The first-order chi connectivity index (χ1) is 7.61. The van der Waals surface area contributed by atoms with Gasteiger partial charge in [0, 0.05) is 25.1 Å². The Labute approximate surface area is 105 Å². The Kier molecular flexibility index (Phi) is 3.47. The topological polar surface area (TPSA) is 29.0 Å². The zero-order chi connectivity index (χ0) is 11.7. The molecule has 0 aromatic carbocycles. The monoisotopic (exact) mass is 283 g/mol. The van der Waals surface area contributed by atoms with Crippen molar-refractivity contribution in [1.29, 1.82) is 0 Å². The molecule has 0 aliphatic heterocycles. The van der Waals surface area contributed by atoms with Gasteiger partial charge >= 0.3 is 0 Å². The van der Waals surface area contributed by atoms with Crippen LogP contribution in [0.4, 0.5) is 5.82 Å². The number of aromatic nitrogens is 2. The van der Waals surface area contributed by atoms with Crippen LogP contribution in [0.15, 0.2) is 10.7 Å². The Morgan fingerprint density at radius 3 is 2.75 bits per heavy atom.